The van der Waals surface area contributed by atoms with Crippen molar-refractivity contribution >= 4 is 0 Å². The van der Waals surface area contributed by atoms with Crippen LogP contribution in [0, 0.1) is 0 Å². The normalized spacial score (nSPS) is 19.1. The van der Waals surface area contributed by atoms with Crippen molar-refractivity contribution < 1.29 is 14.6 Å². The Hall–Kier alpha value is -0.160. The number of piperidine rings is 1. The molecule has 0 aromatic carbocycles. The molecule has 1 fully saturated rings. The van der Waals surface area contributed by atoms with Gasteiger partial charge in [0.25, 0.3) is 0 Å². The van der Waals surface area contributed by atoms with Crippen LogP contribution in [0.3, 0.4) is 0 Å². The average Bonchev–Trinajstić information content (AvgIpc) is 2.33. The summed E-state index contributed by atoms with van der Waals surface area (Å²) in [6.45, 7) is 7.69. The second kappa shape index (κ2) is 8.93. The van der Waals surface area contributed by atoms with Crippen molar-refractivity contribution in [3.63, 3.8) is 0 Å². The first-order chi connectivity index (χ1) is 7.86. The van der Waals surface area contributed by atoms with Crippen molar-refractivity contribution in [1.82, 2.24) is 4.90 Å². The topological polar surface area (TPSA) is 41.9 Å². The van der Waals surface area contributed by atoms with E-state index in [-0.39, 0.29) is 6.61 Å². The van der Waals surface area contributed by atoms with E-state index in [1.165, 1.54) is 0 Å². The van der Waals surface area contributed by atoms with Crippen molar-refractivity contribution in [2.24, 2.45) is 0 Å². The summed E-state index contributed by atoms with van der Waals surface area (Å²) in [7, 11) is 0. The zero-order chi connectivity index (χ0) is 11.6. The summed E-state index contributed by atoms with van der Waals surface area (Å²) in [6, 6.07) is 0. The zero-order valence-electron chi connectivity index (χ0n) is 10.4. The first kappa shape index (κ1) is 13.9. The molecule has 0 bridgehead atoms. The lowest BCUT2D eigenvalue weighted by Gasteiger charge is -2.31. The third-order valence-electron chi connectivity index (χ3n) is 2.95. The molecule has 0 aromatic heterocycles. The van der Waals surface area contributed by atoms with Crippen molar-refractivity contribution in [1.29, 1.82) is 0 Å². The summed E-state index contributed by atoms with van der Waals surface area (Å²) in [6.07, 6.45) is 3.66. The van der Waals surface area contributed by atoms with Gasteiger partial charge >= 0.3 is 0 Å². The maximum absolute atomic E-state index is 8.67. The molecule has 0 spiro atoms. The average molecular weight is 231 g/mol. The van der Waals surface area contributed by atoms with Crippen LogP contribution >= 0.6 is 0 Å². The smallest absolute Gasteiger partial charge is 0.0701 e. The Labute approximate surface area is 98.5 Å². The number of likely N-dealkylation sites (tertiary alicyclic amines) is 1. The van der Waals surface area contributed by atoms with Crippen molar-refractivity contribution in [2.75, 3.05) is 46.1 Å². The van der Waals surface area contributed by atoms with Crippen LogP contribution in [0.4, 0.5) is 0 Å². The van der Waals surface area contributed by atoms with Crippen LogP contribution in [-0.4, -0.2) is 62.2 Å². The van der Waals surface area contributed by atoms with Crippen molar-refractivity contribution in [3.8, 4) is 0 Å². The van der Waals surface area contributed by atoms with E-state index in [0.29, 0.717) is 12.7 Å². The Balaban J connectivity index is 1.98. The van der Waals surface area contributed by atoms with E-state index >= 15 is 0 Å². The standard InChI is InChI=1S/C12H25NO3/c1-2-15-10-3-6-13-7-4-12(5-8-13)16-11-9-14/h12,14H,2-11H2,1H3. The Kier molecular flexibility index (Phi) is 7.76. The van der Waals surface area contributed by atoms with Gasteiger partial charge in [-0.25, -0.2) is 0 Å². The van der Waals surface area contributed by atoms with Gasteiger partial charge in [0.1, 0.15) is 0 Å². The number of aliphatic hydroxyl groups is 1. The summed E-state index contributed by atoms with van der Waals surface area (Å²) in [5.41, 5.74) is 0. The van der Waals surface area contributed by atoms with E-state index in [1.54, 1.807) is 0 Å². The van der Waals surface area contributed by atoms with E-state index in [4.69, 9.17) is 14.6 Å². The highest BCUT2D eigenvalue weighted by molar-refractivity contribution is 4.72. The van der Waals surface area contributed by atoms with Gasteiger partial charge in [0.2, 0.25) is 0 Å². The molecule has 0 saturated carbocycles. The Bertz CT molecular complexity index is 158. The van der Waals surface area contributed by atoms with Gasteiger partial charge in [-0.2, -0.15) is 0 Å². The van der Waals surface area contributed by atoms with Gasteiger partial charge in [0, 0.05) is 32.8 Å². The van der Waals surface area contributed by atoms with Gasteiger partial charge in [0.05, 0.1) is 19.3 Å². The minimum atomic E-state index is 0.134. The first-order valence-corrected chi connectivity index (χ1v) is 6.39. The molecule has 0 aromatic rings. The van der Waals surface area contributed by atoms with Crippen LogP contribution in [0.2, 0.25) is 0 Å². The monoisotopic (exact) mass is 231 g/mol. The fourth-order valence-corrected chi connectivity index (χ4v) is 2.05. The fraction of sp³-hybridized carbons (Fsp3) is 1.00. The molecular weight excluding hydrogens is 206 g/mol. The number of rotatable bonds is 8. The Morgan fingerprint density at radius 3 is 2.62 bits per heavy atom. The molecule has 1 heterocycles. The summed E-state index contributed by atoms with van der Waals surface area (Å²) in [5.74, 6) is 0. The number of aliphatic hydroxyl groups excluding tert-OH is 1. The Morgan fingerprint density at radius 2 is 2.00 bits per heavy atom. The summed E-state index contributed by atoms with van der Waals surface area (Å²) < 4.78 is 10.8. The van der Waals surface area contributed by atoms with Crippen LogP contribution in [0.5, 0.6) is 0 Å². The van der Waals surface area contributed by atoms with Gasteiger partial charge < -0.3 is 19.5 Å². The van der Waals surface area contributed by atoms with Gasteiger partial charge in [-0.15, -0.1) is 0 Å². The maximum atomic E-state index is 8.67. The molecule has 4 nitrogen and oxygen atoms in total. The highest BCUT2D eigenvalue weighted by atomic mass is 16.5. The number of hydrogen-bond donors (Lipinski definition) is 1. The number of nitrogens with zero attached hydrogens (tertiary/aromatic N) is 1. The lowest BCUT2D eigenvalue weighted by Crippen LogP contribution is -2.38. The van der Waals surface area contributed by atoms with E-state index in [1.807, 2.05) is 6.92 Å². The van der Waals surface area contributed by atoms with E-state index in [0.717, 1.165) is 52.1 Å². The highest BCUT2D eigenvalue weighted by Gasteiger charge is 2.18. The van der Waals surface area contributed by atoms with E-state index < -0.39 is 0 Å². The van der Waals surface area contributed by atoms with E-state index in [2.05, 4.69) is 4.90 Å². The summed E-state index contributed by atoms with van der Waals surface area (Å²) >= 11 is 0. The predicted molar refractivity (Wildman–Crippen MR) is 63.6 cm³/mol. The molecule has 4 heteroatoms. The van der Waals surface area contributed by atoms with Gasteiger partial charge in [-0.1, -0.05) is 0 Å². The third kappa shape index (κ3) is 5.80. The minimum Gasteiger partial charge on any atom is -0.394 e. The molecule has 0 aliphatic carbocycles. The minimum absolute atomic E-state index is 0.134. The first-order valence-electron chi connectivity index (χ1n) is 6.39. The molecule has 0 atom stereocenters. The second-order valence-corrected chi connectivity index (χ2v) is 4.19. The molecule has 96 valence electrons. The van der Waals surface area contributed by atoms with Crippen LogP contribution in [0.25, 0.3) is 0 Å². The third-order valence-corrected chi connectivity index (χ3v) is 2.95. The molecule has 0 amide bonds. The van der Waals surface area contributed by atoms with Crippen LogP contribution in [0.1, 0.15) is 26.2 Å². The zero-order valence-corrected chi connectivity index (χ0v) is 10.4. The quantitative estimate of drug-likeness (QED) is 0.630. The molecule has 16 heavy (non-hydrogen) atoms. The fourth-order valence-electron chi connectivity index (χ4n) is 2.05. The maximum Gasteiger partial charge on any atom is 0.0701 e. The Morgan fingerprint density at radius 1 is 1.25 bits per heavy atom. The molecule has 1 rings (SSSR count). The second-order valence-electron chi connectivity index (χ2n) is 4.19. The number of hydrogen-bond acceptors (Lipinski definition) is 4. The summed E-state index contributed by atoms with van der Waals surface area (Å²) in [5, 5.41) is 8.67. The lowest BCUT2D eigenvalue weighted by molar-refractivity contribution is -0.00886. The molecule has 1 saturated heterocycles. The molecule has 1 N–H and O–H groups in total. The van der Waals surface area contributed by atoms with Crippen LogP contribution in [-0.2, 0) is 9.47 Å². The summed E-state index contributed by atoms with van der Waals surface area (Å²) in [4.78, 5) is 2.47. The van der Waals surface area contributed by atoms with E-state index in [9.17, 15) is 0 Å². The van der Waals surface area contributed by atoms with Gasteiger partial charge in [-0.05, 0) is 26.2 Å². The molecule has 0 radical (unpaired) electrons. The lowest BCUT2D eigenvalue weighted by atomic mass is 10.1. The van der Waals surface area contributed by atoms with Crippen molar-refractivity contribution in [3.05, 3.63) is 0 Å². The molecular formula is C12H25NO3. The molecule has 1 aliphatic heterocycles. The molecule has 0 unspecified atom stereocenters. The van der Waals surface area contributed by atoms with Crippen LogP contribution in [0.15, 0.2) is 0 Å². The van der Waals surface area contributed by atoms with Crippen molar-refractivity contribution in [2.45, 2.75) is 32.3 Å². The van der Waals surface area contributed by atoms with Crippen LogP contribution < -0.4 is 0 Å². The van der Waals surface area contributed by atoms with Gasteiger partial charge in [0.15, 0.2) is 0 Å². The van der Waals surface area contributed by atoms with Gasteiger partial charge in [-0.3, -0.25) is 0 Å². The predicted octanol–water partition coefficient (Wildman–Crippen LogP) is 0.886. The molecule has 1 aliphatic rings. The highest BCUT2D eigenvalue weighted by Crippen LogP contribution is 2.13. The number of ether oxygens (including phenoxy) is 2. The SMILES string of the molecule is CCOCCCN1CCC(OCCO)CC1. The largest absolute Gasteiger partial charge is 0.394 e.